The van der Waals surface area contributed by atoms with Crippen LogP contribution in [-0.2, 0) is 4.74 Å². The largest absolute Gasteiger partial charge is 0.497 e. The fourth-order valence-corrected chi connectivity index (χ4v) is 3.92. The molecule has 2 aliphatic heterocycles. The number of rotatable bonds is 3. The molecule has 1 aromatic carbocycles. The van der Waals surface area contributed by atoms with Crippen molar-refractivity contribution < 1.29 is 49.5 Å². The number of alkyl halides is 6. The van der Waals surface area contributed by atoms with Crippen LogP contribution in [0, 0.1) is 0 Å². The lowest BCUT2D eigenvalue weighted by Crippen LogP contribution is -2.45. The Morgan fingerprint density at radius 3 is 2.62 bits per heavy atom. The van der Waals surface area contributed by atoms with E-state index < -0.39 is 49.1 Å². The Morgan fingerprint density at radius 2 is 1.97 bits per heavy atom. The van der Waals surface area contributed by atoms with Gasteiger partial charge in [-0.3, -0.25) is 9.36 Å². The topological polar surface area (TPSA) is 73.7 Å². The first-order valence-corrected chi connectivity index (χ1v) is 9.14. The zero-order valence-electron chi connectivity index (χ0n) is 18.8. The van der Waals surface area contributed by atoms with E-state index in [0.717, 1.165) is 12.4 Å². The predicted octanol–water partition coefficient (Wildman–Crippen LogP) is 3.82. The van der Waals surface area contributed by atoms with Gasteiger partial charge in [-0.15, -0.1) is 0 Å². The zero-order valence-corrected chi connectivity index (χ0v) is 15.8. The highest BCUT2D eigenvalue weighted by atomic mass is 19.4. The molecule has 2 aromatic rings. The Kier molecular flexibility index (Phi) is 4.25. The summed E-state index contributed by atoms with van der Waals surface area (Å²) in [7, 11) is -2.82. The van der Waals surface area contributed by atoms with Crippen LogP contribution in [0.1, 0.15) is 49.5 Å². The minimum atomic E-state index is -5.91. The standard InChI is InChI=1S/C19H15F6N3O4/c1-31-9-4-5-11-10(7-9)15(29)27-6-2-3-12(27)14-13(26-8-28(11)14)16(30)32-17(18(20,21)22)19(23,24)25/h4-5,7-8,12,17H,2-3,6H2,1H3/t12-/m0/s1/i1D3. The van der Waals surface area contributed by atoms with Crippen LogP contribution < -0.4 is 4.74 Å². The number of benzene rings is 1. The number of nitrogens with zero attached hydrogens (tertiary/aromatic N) is 3. The van der Waals surface area contributed by atoms with Crippen molar-refractivity contribution in [2.24, 2.45) is 0 Å². The first-order chi connectivity index (χ1) is 16.1. The van der Waals surface area contributed by atoms with E-state index in [1.165, 1.54) is 21.6 Å². The Bertz CT molecular complexity index is 1160. The molecule has 1 atom stereocenters. The van der Waals surface area contributed by atoms with Gasteiger partial charge in [-0.25, -0.2) is 9.78 Å². The summed E-state index contributed by atoms with van der Waals surface area (Å²) >= 11 is 0. The molecule has 0 N–H and O–H groups in total. The number of carbonyl (C=O) groups is 2. The smallest absolute Gasteiger partial charge is 0.434 e. The predicted molar refractivity (Wildman–Crippen MR) is 94.4 cm³/mol. The molecule has 4 rings (SSSR count). The molecule has 0 spiro atoms. The number of ether oxygens (including phenoxy) is 2. The average molecular weight is 466 g/mol. The second-order valence-corrected chi connectivity index (χ2v) is 7.15. The summed E-state index contributed by atoms with van der Waals surface area (Å²) < 4.78 is 109. The van der Waals surface area contributed by atoms with Crippen LogP contribution >= 0.6 is 0 Å². The molecule has 13 heteroatoms. The number of carbonyl (C=O) groups excluding carboxylic acids is 2. The molecule has 0 aliphatic carbocycles. The highest BCUT2D eigenvalue weighted by Gasteiger charge is 2.60. The van der Waals surface area contributed by atoms with Crippen LogP contribution in [0.4, 0.5) is 26.3 Å². The molecule has 0 bridgehead atoms. The third-order valence-electron chi connectivity index (χ3n) is 5.22. The van der Waals surface area contributed by atoms with Gasteiger partial charge in [-0.1, -0.05) is 0 Å². The molecule has 1 aromatic heterocycles. The van der Waals surface area contributed by atoms with E-state index in [1.807, 2.05) is 0 Å². The van der Waals surface area contributed by atoms with Crippen LogP contribution in [0.2, 0.25) is 0 Å². The summed E-state index contributed by atoms with van der Waals surface area (Å²) in [5, 5.41) is 0. The molecule has 0 unspecified atom stereocenters. The molecule has 3 heterocycles. The summed E-state index contributed by atoms with van der Waals surface area (Å²) in [4.78, 5) is 30.7. The Hall–Kier alpha value is -3.25. The molecule has 2 aliphatic rings. The number of amides is 1. The number of hydrogen-bond acceptors (Lipinski definition) is 5. The third kappa shape index (κ3) is 3.54. The number of aromatic nitrogens is 2. The van der Waals surface area contributed by atoms with Crippen molar-refractivity contribution in [2.75, 3.05) is 13.6 Å². The SMILES string of the molecule is [2H]C([2H])([2H])Oc1ccc2c(c1)C(=O)N1CCC[C@H]1c1c(C(=O)OC(C(F)(F)F)C(F)(F)F)ncn1-2. The Balaban J connectivity index is 1.80. The first kappa shape index (κ1) is 18.3. The second kappa shape index (κ2) is 7.41. The van der Waals surface area contributed by atoms with Crippen LogP contribution in [-0.4, -0.2) is 58.4 Å². The van der Waals surface area contributed by atoms with Gasteiger partial charge in [0.2, 0.25) is 0 Å². The molecule has 0 saturated carbocycles. The van der Waals surface area contributed by atoms with Crippen LogP contribution in [0.3, 0.4) is 0 Å². The van der Waals surface area contributed by atoms with Gasteiger partial charge in [0.05, 0.1) is 34.1 Å². The molecule has 1 fully saturated rings. The van der Waals surface area contributed by atoms with Gasteiger partial charge in [-0.05, 0) is 31.0 Å². The summed E-state index contributed by atoms with van der Waals surface area (Å²) in [6.07, 6.45) is -14.5. The van der Waals surface area contributed by atoms with Crippen molar-refractivity contribution in [2.45, 2.75) is 37.3 Å². The van der Waals surface area contributed by atoms with Gasteiger partial charge in [0, 0.05) is 6.54 Å². The molecule has 172 valence electrons. The monoisotopic (exact) mass is 466 g/mol. The lowest BCUT2D eigenvalue weighted by molar-refractivity contribution is -0.307. The molecule has 0 radical (unpaired) electrons. The number of imidazole rings is 1. The quantitative estimate of drug-likeness (QED) is 0.508. The lowest BCUT2D eigenvalue weighted by atomic mass is 10.1. The van der Waals surface area contributed by atoms with Crippen molar-refractivity contribution >= 4 is 11.9 Å². The van der Waals surface area contributed by atoms with Crippen molar-refractivity contribution in [1.82, 2.24) is 14.5 Å². The third-order valence-corrected chi connectivity index (χ3v) is 5.22. The maximum atomic E-state index is 13.2. The van der Waals surface area contributed by atoms with E-state index in [1.54, 1.807) is 0 Å². The summed E-state index contributed by atoms with van der Waals surface area (Å²) in [6, 6.07) is 2.73. The van der Waals surface area contributed by atoms with Crippen molar-refractivity contribution in [3.8, 4) is 11.4 Å². The van der Waals surface area contributed by atoms with Crippen LogP contribution in [0.5, 0.6) is 5.75 Å². The first-order valence-electron chi connectivity index (χ1n) is 10.6. The van der Waals surface area contributed by atoms with E-state index in [9.17, 15) is 35.9 Å². The van der Waals surface area contributed by atoms with E-state index in [4.69, 9.17) is 8.85 Å². The number of halogens is 6. The van der Waals surface area contributed by atoms with Crippen LogP contribution in [0.15, 0.2) is 24.5 Å². The minimum absolute atomic E-state index is 0.0572. The molecular weight excluding hydrogens is 448 g/mol. The summed E-state index contributed by atoms with van der Waals surface area (Å²) in [5.74, 6) is -2.72. The number of esters is 1. The molecule has 1 amide bonds. The van der Waals surface area contributed by atoms with E-state index in [2.05, 4.69) is 9.72 Å². The maximum Gasteiger partial charge on any atom is 0.434 e. The van der Waals surface area contributed by atoms with Crippen LogP contribution in [0.25, 0.3) is 5.69 Å². The minimum Gasteiger partial charge on any atom is -0.497 e. The number of fused-ring (bicyclic) bond motifs is 5. The average Bonchev–Trinajstić information content (AvgIpc) is 3.33. The van der Waals surface area contributed by atoms with Crippen molar-refractivity contribution in [1.29, 1.82) is 0 Å². The van der Waals surface area contributed by atoms with Gasteiger partial charge in [0.25, 0.3) is 12.0 Å². The fraction of sp³-hybridized carbons (Fsp3) is 0.421. The number of hydrogen-bond donors (Lipinski definition) is 0. The van der Waals surface area contributed by atoms with Gasteiger partial charge >= 0.3 is 18.3 Å². The highest BCUT2D eigenvalue weighted by Crippen LogP contribution is 2.41. The van der Waals surface area contributed by atoms with Gasteiger partial charge < -0.3 is 14.4 Å². The Labute approximate surface area is 180 Å². The van der Waals surface area contributed by atoms with Gasteiger partial charge in [-0.2, -0.15) is 26.3 Å². The summed E-state index contributed by atoms with van der Waals surface area (Å²) in [6.45, 7) is 0.167. The van der Waals surface area contributed by atoms with Crippen molar-refractivity contribution in [3.63, 3.8) is 0 Å². The summed E-state index contributed by atoms with van der Waals surface area (Å²) in [5.41, 5.74) is -0.902. The van der Waals surface area contributed by atoms with E-state index >= 15 is 0 Å². The fourth-order valence-electron chi connectivity index (χ4n) is 3.92. The lowest BCUT2D eigenvalue weighted by Gasteiger charge is -2.24. The van der Waals surface area contributed by atoms with Crippen molar-refractivity contribution in [3.05, 3.63) is 41.5 Å². The molecular formula is C19H15F6N3O4. The molecule has 7 nitrogen and oxygen atoms in total. The Morgan fingerprint density at radius 1 is 1.25 bits per heavy atom. The van der Waals surface area contributed by atoms with Gasteiger partial charge in [0.1, 0.15) is 12.1 Å². The van der Waals surface area contributed by atoms with E-state index in [-0.39, 0.29) is 35.7 Å². The van der Waals surface area contributed by atoms with E-state index in [0.29, 0.717) is 6.42 Å². The van der Waals surface area contributed by atoms with Gasteiger partial charge in [0.15, 0.2) is 5.69 Å². The maximum absolute atomic E-state index is 13.2. The second-order valence-electron chi connectivity index (χ2n) is 7.15. The normalized spacial score (nSPS) is 20.0. The zero-order chi connectivity index (χ0) is 25.9. The highest BCUT2D eigenvalue weighted by molar-refractivity contribution is 6.00. The molecule has 1 saturated heterocycles. The molecule has 32 heavy (non-hydrogen) atoms. The number of methoxy groups -OCH3 is 1.